The second kappa shape index (κ2) is 6.22. The summed E-state index contributed by atoms with van der Waals surface area (Å²) in [6.07, 6.45) is 4.05. The van der Waals surface area contributed by atoms with Gasteiger partial charge in [-0.25, -0.2) is 4.98 Å². The van der Waals surface area contributed by atoms with Gasteiger partial charge in [0.05, 0.1) is 11.4 Å². The number of likely N-dealkylation sites (tertiary alicyclic amines) is 1. The van der Waals surface area contributed by atoms with Crippen LogP contribution in [-0.2, 0) is 6.54 Å². The number of pyridine rings is 1. The number of hydrogen-bond donors (Lipinski definition) is 1. The predicted molar refractivity (Wildman–Crippen MR) is 85.0 cm³/mol. The van der Waals surface area contributed by atoms with Crippen LogP contribution in [0.15, 0.2) is 29.8 Å². The standard InChI is InChI=1S/C16H21N3OS/c1-16(12-20)6-4-8-19(11-16)9-13-10-21-15(18-13)14-5-2-3-7-17-14/h2-3,5,7,10,20H,4,6,8-9,11-12H2,1H3. The Kier molecular flexibility index (Phi) is 4.33. The highest BCUT2D eigenvalue weighted by atomic mass is 32.1. The third kappa shape index (κ3) is 3.48. The van der Waals surface area contributed by atoms with Gasteiger partial charge in [-0.3, -0.25) is 9.88 Å². The highest BCUT2D eigenvalue weighted by Crippen LogP contribution is 2.30. The van der Waals surface area contributed by atoms with Crippen LogP contribution in [0.5, 0.6) is 0 Å². The van der Waals surface area contributed by atoms with Crippen molar-refractivity contribution in [3.8, 4) is 10.7 Å². The molecule has 1 N–H and O–H groups in total. The summed E-state index contributed by atoms with van der Waals surface area (Å²) < 4.78 is 0. The van der Waals surface area contributed by atoms with Crippen LogP contribution in [0.25, 0.3) is 10.7 Å². The fraction of sp³-hybridized carbons (Fsp3) is 0.500. The molecule has 0 spiro atoms. The van der Waals surface area contributed by atoms with E-state index in [1.807, 2.05) is 18.2 Å². The number of piperidine rings is 1. The summed E-state index contributed by atoms with van der Waals surface area (Å²) in [5.74, 6) is 0. The van der Waals surface area contributed by atoms with Crippen molar-refractivity contribution in [3.05, 3.63) is 35.5 Å². The van der Waals surface area contributed by atoms with Gasteiger partial charge < -0.3 is 5.11 Å². The number of aliphatic hydroxyl groups excluding tert-OH is 1. The van der Waals surface area contributed by atoms with Crippen LogP contribution in [0.3, 0.4) is 0 Å². The smallest absolute Gasteiger partial charge is 0.142 e. The van der Waals surface area contributed by atoms with E-state index in [1.165, 1.54) is 0 Å². The maximum Gasteiger partial charge on any atom is 0.142 e. The Labute approximate surface area is 129 Å². The third-order valence-corrected chi connectivity index (χ3v) is 4.98. The monoisotopic (exact) mass is 303 g/mol. The maximum atomic E-state index is 9.54. The molecule has 21 heavy (non-hydrogen) atoms. The molecule has 1 fully saturated rings. The van der Waals surface area contributed by atoms with E-state index in [2.05, 4.69) is 22.2 Å². The number of aromatic nitrogens is 2. The fourth-order valence-electron chi connectivity index (χ4n) is 2.91. The van der Waals surface area contributed by atoms with Crippen LogP contribution in [-0.4, -0.2) is 39.7 Å². The van der Waals surface area contributed by atoms with Gasteiger partial charge in [0.1, 0.15) is 5.01 Å². The second-order valence-corrected chi connectivity index (χ2v) is 7.00. The van der Waals surface area contributed by atoms with E-state index >= 15 is 0 Å². The number of hydrogen-bond acceptors (Lipinski definition) is 5. The largest absolute Gasteiger partial charge is 0.396 e. The highest BCUT2D eigenvalue weighted by molar-refractivity contribution is 7.13. The molecular weight excluding hydrogens is 282 g/mol. The Hall–Kier alpha value is -1.30. The van der Waals surface area contributed by atoms with Crippen molar-refractivity contribution in [1.82, 2.24) is 14.9 Å². The zero-order chi connectivity index (χ0) is 14.7. The normalized spacial score (nSPS) is 23.3. The van der Waals surface area contributed by atoms with Gasteiger partial charge in [0.2, 0.25) is 0 Å². The summed E-state index contributed by atoms with van der Waals surface area (Å²) >= 11 is 1.65. The van der Waals surface area contributed by atoms with Crippen molar-refractivity contribution in [3.63, 3.8) is 0 Å². The van der Waals surface area contributed by atoms with Crippen molar-refractivity contribution < 1.29 is 5.11 Å². The average molecular weight is 303 g/mol. The molecule has 0 bridgehead atoms. The van der Waals surface area contributed by atoms with E-state index in [4.69, 9.17) is 4.98 Å². The Morgan fingerprint density at radius 3 is 3.10 bits per heavy atom. The molecule has 0 aliphatic carbocycles. The van der Waals surface area contributed by atoms with Crippen molar-refractivity contribution >= 4 is 11.3 Å². The van der Waals surface area contributed by atoms with E-state index in [0.717, 1.165) is 48.9 Å². The fourth-order valence-corrected chi connectivity index (χ4v) is 3.69. The molecule has 2 aromatic rings. The zero-order valence-corrected chi connectivity index (χ0v) is 13.1. The van der Waals surface area contributed by atoms with Crippen LogP contribution in [0, 0.1) is 5.41 Å². The Morgan fingerprint density at radius 2 is 2.33 bits per heavy atom. The summed E-state index contributed by atoms with van der Waals surface area (Å²) in [5.41, 5.74) is 2.08. The van der Waals surface area contributed by atoms with E-state index in [9.17, 15) is 5.11 Å². The number of rotatable bonds is 4. The molecule has 0 amide bonds. The van der Waals surface area contributed by atoms with Crippen molar-refractivity contribution in [2.45, 2.75) is 26.3 Å². The molecular formula is C16H21N3OS. The van der Waals surface area contributed by atoms with Crippen molar-refractivity contribution in [2.24, 2.45) is 5.41 Å². The predicted octanol–water partition coefficient (Wildman–Crippen LogP) is 2.80. The summed E-state index contributed by atoms with van der Waals surface area (Å²) in [6.45, 7) is 5.32. The summed E-state index contributed by atoms with van der Waals surface area (Å²) in [6, 6.07) is 5.90. The van der Waals surface area contributed by atoms with Gasteiger partial charge in [-0.15, -0.1) is 11.3 Å². The molecule has 3 heterocycles. The lowest BCUT2D eigenvalue weighted by atomic mass is 9.83. The SMILES string of the molecule is CC1(CO)CCCN(Cc2csc(-c3ccccn3)n2)C1. The number of nitrogens with zero attached hydrogens (tertiary/aromatic N) is 3. The second-order valence-electron chi connectivity index (χ2n) is 6.14. The quantitative estimate of drug-likeness (QED) is 0.943. The summed E-state index contributed by atoms with van der Waals surface area (Å²) in [7, 11) is 0. The Balaban J connectivity index is 1.67. The topological polar surface area (TPSA) is 49.2 Å². The van der Waals surface area contributed by atoms with Gasteiger partial charge in [0, 0.05) is 36.7 Å². The van der Waals surface area contributed by atoms with Crippen LogP contribution in [0.2, 0.25) is 0 Å². The molecule has 5 heteroatoms. The zero-order valence-electron chi connectivity index (χ0n) is 12.3. The lowest BCUT2D eigenvalue weighted by Crippen LogP contribution is -2.43. The molecule has 1 aliphatic rings. The van der Waals surface area contributed by atoms with E-state index in [0.29, 0.717) is 0 Å². The lowest BCUT2D eigenvalue weighted by molar-refractivity contribution is 0.0424. The molecule has 4 nitrogen and oxygen atoms in total. The molecule has 0 saturated carbocycles. The van der Waals surface area contributed by atoms with Crippen LogP contribution in [0.1, 0.15) is 25.5 Å². The van der Waals surface area contributed by atoms with Gasteiger partial charge in [0.15, 0.2) is 0 Å². The molecule has 1 saturated heterocycles. The summed E-state index contributed by atoms with van der Waals surface area (Å²) in [5, 5.41) is 12.6. The van der Waals surface area contributed by atoms with Crippen molar-refractivity contribution in [1.29, 1.82) is 0 Å². The Bertz CT molecular complexity index is 586. The molecule has 3 rings (SSSR count). The first-order chi connectivity index (χ1) is 10.2. The van der Waals surface area contributed by atoms with Gasteiger partial charge in [-0.1, -0.05) is 13.0 Å². The first kappa shape index (κ1) is 14.6. The van der Waals surface area contributed by atoms with Crippen LogP contribution < -0.4 is 0 Å². The molecule has 112 valence electrons. The minimum absolute atomic E-state index is 0.0398. The number of thiazole rings is 1. The van der Waals surface area contributed by atoms with E-state index < -0.39 is 0 Å². The third-order valence-electron chi connectivity index (χ3n) is 4.06. The molecule has 0 aromatic carbocycles. The first-order valence-corrected chi connectivity index (χ1v) is 8.25. The maximum absolute atomic E-state index is 9.54. The van der Waals surface area contributed by atoms with Gasteiger partial charge in [-0.2, -0.15) is 0 Å². The minimum Gasteiger partial charge on any atom is -0.396 e. The van der Waals surface area contributed by atoms with Crippen LogP contribution in [0.4, 0.5) is 0 Å². The molecule has 1 aliphatic heterocycles. The van der Waals surface area contributed by atoms with E-state index in [-0.39, 0.29) is 12.0 Å². The number of aliphatic hydroxyl groups is 1. The van der Waals surface area contributed by atoms with Gasteiger partial charge in [-0.05, 0) is 31.5 Å². The molecule has 2 aromatic heterocycles. The lowest BCUT2D eigenvalue weighted by Gasteiger charge is -2.39. The Morgan fingerprint density at radius 1 is 1.43 bits per heavy atom. The molecule has 1 unspecified atom stereocenters. The summed E-state index contributed by atoms with van der Waals surface area (Å²) in [4.78, 5) is 11.4. The first-order valence-electron chi connectivity index (χ1n) is 7.38. The average Bonchev–Trinajstić information content (AvgIpc) is 2.97. The van der Waals surface area contributed by atoms with Gasteiger partial charge in [0.25, 0.3) is 0 Å². The van der Waals surface area contributed by atoms with E-state index in [1.54, 1.807) is 17.5 Å². The van der Waals surface area contributed by atoms with Crippen molar-refractivity contribution in [2.75, 3.05) is 19.7 Å². The molecule has 1 atom stereocenters. The highest BCUT2D eigenvalue weighted by Gasteiger charge is 2.30. The van der Waals surface area contributed by atoms with Crippen LogP contribution >= 0.6 is 11.3 Å². The van der Waals surface area contributed by atoms with Gasteiger partial charge >= 0.3 is 0 Å². The minimum atomic E-state index is 0.0398. The molecule has 0 radical (unpaired) electrons.